The number of amides is 1. The highest BCUT2D eigenvalue weighted by Crippen LogP contribution is 2.26. The molecule has 0 unspecified atom stereocenters. The third-order valence-corrected chi connectivity index (χ3v) is 4.70. The Balaban J connectivity index is 1.80. The zero-order valence-corrected chi connectivity index (χ0v) is 15.7. The molecule has 0 fully saturated rings. The Kier molecular flexibility index (Phi) is 5.40. The summed E-state index contributed by atoms with van der Waals surface area (Å²) in [6.07, 6.45) is 3.88. The van der Waals surface area contributed by atoms with Gasteiger partial charge in [-0.1, -0.05) is 32.0 Å². The first-order valence-corrected chi connectivity index (χ1v) is 9.19. The number of hydrogen-bond donors (Lipinski definition) is 1. The highest BCUT2D eigenvalue weighted by atomic mass is 16.1. The second kappa shape index (κ2) is 7.72. The molecule has 6 heteroatoms. The Bertz CT molecular complexity index is 985. The molecular formula is C20H26N4O2. The van der Waals surface area contributed by atoms with Gasteiger partial charge in [-0.2, -0.15) is 5.10 Å². The average molecular weight is 354 g/mol. The largest absolute Gasteiger partial charge is 0.356 e. The van der Waals surface area contributed by atoms with E-state index in [2.05, 4.69) is 24.3 Å². The molecule has 0 saturated carbocycles. The number of aromatic nitrogens is 3. The second-order valence-electron chi connectivity index (χ2n) is 7.14. The van der Waals surface area contributed by atoms with E-state index >= 15 is 0 Å². The SMILES string of the molecule is CC(C)CCNC(=O)CCCn1c2ccccc2c2cnn(C)c(=O)c21. The van der Waals surface area contributed by atoms with E-state index in [4.69, 9.17) is 0 Å². The first-order valence-electron chi connectivity index (χ1n) is 9.19. The van der Waals surface area contributed by atoms with Crippen LogP contribution in [-0.2, 0) is 18.4 Å². The summed E-state index contributed by atoms with van der Waals surface area (Å²) in [6.45, 7) is 5.63. The number of hydrogen-bond acceptors (Lipinski definition) is 3. The average Bonchev–Trinajstić information content (AvgIpc) is 2.93. The second-order valence-corrected chi connectivity index (χ2v) is 7.14. The lowest BCUT2D eigenvalue weighted by Gasteiger charge is -2.09. The highest BCUT2D eigenvalue weighted by Gasteiger charge is 2.14. The van der Waals surface area contributed by atoms with Crippen LogP contribution in [0.2, 0.25) is 0 Å². The van der Waals surface area contributed by atoms with Crippen LogP contribution < -0.4 is 10.9 Å². The molecule has 0 aliphatic carbocycles. The number of para-hydroxylation sites is 1. The fourth-order valence-corrected chi connectivity index (χ4v) is 3.26. The van der Waals surface area contributed by atoms with E-state index in [1.165, 1.54) is 4.68 Å². The summed E-state index contributed by atoms with van der Waals surface area (Å²) in [7, 11) is 1.66. The van der Waals surface area contributed by atoms with Crippen molar-refractivity contribution < 1.29 is 4.79 Å². The van der Waals surface area contributed by atoms with E-state index in [9.17, 15) is 9.59 Å². The normalized spacial score (nSPS) is 11.5. The predicted molar refractivity (Wildman–Crippen MR) is 104 cm³/mol. The van der Waals surface area contributed by atoms with Crippen molar-refractivity contribution in [1.82, 2.24) is 19.7 Å². The molecule has 0 atom stereocenters. The van der Waals surface area contributed by atoms with Crippen LogP contribution in [0.1, 0.15) is 33.1 Å². The molecule has 0 aliphatic rings. The quantitative estimate of drug-likeness (QED) is 0.709. The van der Waals surface area contributed by atoms with Crippen LogP contribution in [0.15, 0.2) is 35.3 Å². The van der Waals surface area contributed by atoms with Crippen LogP contribution in [-0.4, -0.2) is 26.8 Å². The Morgan fingerprint density at radius 1 is 1.23 bits per heavy atom. The smallest absolute Gasteiger partial charge is 0.291 e. The van der Waals surface area contributed by atoms with Crippen LogP contribution in [0.25, 0.3) is 21.8 Å². The Labute approximate surface area is 152 Å². The number of fused-ring (bicyclic) bond motifs is 3. The van der Waals surface area contributed by atoms with Gasteiger partial charge >= 0.3 is 0 Å². The number of rotatable bonds is 7. The summed E-state index contributed by atoms with van der Waals surface area (Å²) in [5.41, 5.74) is 1.55. The van der Waals surface area contributed by atoms with Crippen molar-refractivity contribution in [2.75, 3.05) is 6.54 Å². The molecule has 1 amide bonds. The fraction of sp³-hybridized carbons (Fsp3) is 0.450. The molecule has 0 saturated heterocycles. The number of benzene rings is 1. The summed E-state index contributed by atoms with van der Waals surface area (Å²) < 4.78 is 3.38. The maximum absolute atomic E-state index is 12.6. The van der Waals surface area contributed by atoms with Gasteiger partial charge in [0.05, 0.1) is 6.20 Å². The number of carbonyl (C=O) groups excluding carboxylic acids is 1. The molecule has 0 aliphatic heterocycles. The molecule has 0 bridgehead atoms. The number of nitrogens with zero attached hydrogens (tertiary/aromatic N) is 3. The van der Waals surface area contributed by atoms with Gasteiger partial charge in [-0.25, -0.2) is 4.68 Å². The lowest BCUT2D eigenvalue weighted by molar-refractivity contribution is -0.121. The fourth-order valence-electron chi connectivity index (χ4n) is 3.26. The van der Waals surface area contributed by atoms with Crippen molar-refractivity contribution in [2.45, 2.75) is 39.7 Å². The van der Waals surface area contributed by atoms with Crippen molar-refractivity contribution in [3.8, 4) is 0 Å². The summed E-state index contributed by atoms with van der Waals surface area (Å²) in [6, 6.07) is 7.95. The Hall–Kier alpha value is -2.63. The van der Waals surface area contributed by atoms with Gasteiger partial charge in [0.1, 0.15) is 5.52 Å². The summed E-state index contributed by atoms with van der Waals surface area (Å²) in [5, 5.41) is 9.01. The highest BCUT2D eigenvalue weighted by molar-refractivity contribution is 6.07. The molecule has 1 N–H and O–H groups in total. The van der Waals surface area contributed by atoms with Gasteiger partial charge in [-0.05, 0) is 24.8 Å². The minimum absolute atomic E-state index is 0.0704. The minimum atomic E-state index is -0.111. The van der Waals surface area contributed by atoms with Gasteiger partial charge in [-0.3, -0.25) is 9.59 Å². The van der Waals surface area contributed by atoms with Crippen LogP contribution in [0.5, 0.6) is 0 Å². The van der Waals surface area contributed by atoms with Gasteiger partial charge in [0.2, 0.25) is 5.91 Å². The van der Waals surface area contributed by atoms with Crippen LogP contribution in [0, 0.1) is 5.92 Å². The Morgan fingerprint density at radius 2 is 2.00 bits per heavy atom. The first kappa shape index (κ1) is 18.2. The molecule has 3 rings (SSSR count). The van der Waals surface area contributed by atoms with E-state index < -0.39 is 0 Å². The van der Waals surface area contributed by atoms with Crippen molar-refractivity contribution in [3.05, 3.63) is 40.8 Å². The molecule has 3 aromatic rings. The topological polar surface area (TPSA) is 68.9 Å². The van der Waals surface area contributed by atoms with Crippen molar-refractivity contribution >= 4 is 27.7 Å². The summed E-state index contributed by atoms with van der Waals surface area (Å²) in [4.78, 5) is 24.6. The number of nitrogens with one attached hydrogen (secondary N) is 1. The van der Waals surface area contributed by atoms with E-state index in [0.29, 0.717) is 30.8 Å². The molecule has 6 nitrogen and oxygen atoms in total. The van der Waals surface area contributed by atoms with Crippen molar-refractivity contribution in [3.63, 3.8) is 0 Å². The zero-order chi connectivity index (χ0) is 18.7. The van der Waals surface area contributed by atoms with Gasteiger partial charge in [0.25, 0.3) is 5.56 Å². The van der Waals surface area contributed by atoms with Crippen LogP contribution >= 0.6 is 0 Å². The standard InChI is InChI=1S/C20H26N4O2/c1-14(2)10-11-21-18(25)9-6-12-24-17-8-5-4-7-15(17)16-13-22-23(3)20(26)19(16)24/h4-5,7-8,13-14H,6,9-12H2,1-3H3,(H,21,25). The maximum Gasteiger partial charge on any atom is 0.291 e. The molecule has 2 aromatic heterocycles. The van der Waals surface area contributed by atoms with Crippen molar-refractivity contribution in [2.24, 2.45) is 13.0 Å². The summed E-state index contributed by atoms with van der Waals surface area (Å²) >= 11 is 0. The molecular weight excluding hydrogens is 328 g/mol. The van der Waals surface area contributed by atoms with Gasteiger partial charge in [0, 0.05) is 42.8 Å². The molecule has 0 radical (unpaired) electrons. The van der Waals surface area contributed by atoms with Crippen LogP contribution in [0.3, 0.4) is 0 Å². The molecule has 138 valence electrons. The van der Waals surface area contributed by atoms with Gasteiger partial charge in [0.15, 0.2) is 0 Å². The number of carbonyl (C=O) groups is 1. The Morgan fingerprint density at radius 3 is 2.77 bits per heavy atom. The van der Waals surface area contributed by atoms with Crippen LogP contribution in [0.4, 0.5) is 0 Å². The van der Waals surface area contributed by atoms with E-state index in [1.807, 2.05) is 28.8 Å². The number of aryl methyl sites for hydroxylation is 2. The van der Waals surface area contributed by atoms with E-state index in [-0.39, 0.29) is 11.5 Å². The van der Waals surface area contributed by atoms with Crippen molar-refractivity contribution in [1.29, 1.82) is 0 Å². The first-order chi connectivity index (χ1) is 12.5. The molecule has 26 heavy (non-hydrogen) atoms. The third-order valence-electron chi connectivity index (χ3n) is 4.70. The maximum atomic E-state index is 12.6. The monoisotopic (exact) mass is 354 g/mol. The molecule has 0 spiro atoms. The van der Waals surface area contributed by atoms with E-state index in [0.717, 1.165) is 29.3 Å². The third kappa shape index (κ3) is 3.64. The summed E-state index contributed by atoms with van der Waals surface area (Å²) in [5.74, 6) is 0.652. The molecule has 1 aromatic carbocycles. The van der Waals surface area contributed by atoms with E-state index in [1.54, 1.807) is 13.2 Å². The lowest BCUT2D eigenvalue weighted by Crippen LogP contribution is -2.25. The molecule has 2 heterocycles. The zero-order valence-electron chi connectivity index (χ0n) is 15.7. The lowest BCUT2D eigenvalue weighted by atomic mass is 10.1. The van der Waals surface area contributed by atoms with Gasteiger partial charge < -0.3 is 9.88 Å². The van der Waals surface area contributed by atoms with Gasteiger partial charge in [-0.15, -0.1) is 0 Å². The minimum Gasteiger partial charge on any atom is -0.356 e. The predicted octanol–water partition coefficient (Wildman–Crippen LogP) is 2.83.